The molecular weight excluding hydrogens is 136 g/mol. The van der Waals surface area contributed by atoms with Crippen LogP contribution < -0.4 is 5.32 Å². The third-order valence-electron chi connectivity index (χ3n) is 3.68. The number of nitrogens with zero attached hydrogens (tertiary/aromatic N) is 1. The van der Waals surface area contributed by atoms with Crippen LogP contribution in [0.4, 0.5) is 0 Å². The number of quaternary nitrogens is 1. The maximum Gasteiger partial charge on any atom is 0.132 e. The third kappa shape index (κ3) is 1.18. The molecule has 1 heterocycles. The largest absolute Gasteiger partial charge is 0.329 e. The van der Waals surface area contributed by atoms with Crippen LogP contribution in [0.5, 0.6) is 0 Å². The molecule has 0 amide bonds. The smallest absolute Gasteiger partial charge is 0.132 e. The summed E-state index contributed by atoms with van der Waals surface area (Å²) >= 11 is 0. The fourth-order valence-electron chi connectivity index (χ4n) is 2.20. The number of nitrogens with two attached hydrogens (primary N) is 1. The lowest BCUT2D eigenvalue weighted by atomic mass is 10.1. The van der Waals surface area contributed by atoms with Gasteiger partial charge in [-0.2, -0.15) is 0 Å². The van der Waals surface area contributed by atoms with E-state index >= 15 is 0 Å². The van der Waals surface area contributed by atoms with Gasteiger partial charge < -0.3 is 5.32 Å². The van der Waals surface area contributed by atoms with Crippen molar-refractivity contribution in [3.05, 3.63) is 0 Å². The van der Waals surface area contributed by atoms with E-state index in [1.807, 2.05) is 0 Å². The highest BCUT2D eigenvalue weighted by atomic mass is 15.3. The molecule has 3 atom stereocenters. The Morgan fingerprint density at radius 3 is 3.00 bits per heavy atom. The van der Waals surface area contributed by atoms with Gasteiger partial charge in [-0.15, -0.1) is 0 Å². The zero-order valence-electron chi connectivity index (χ0n) is 7.80. The van der Waals surface area contributed by atoms with E-state index in [-0.39, 0.29) is 0 Å². The number of rotatable bonds is 0. The topological polar surface area (TPSA) is 19.9 Å². The number of hydrogen-bond acceptors (Lipinski definition) is 1. The second-order valence-electron chi connectivity index (χ2n) is 4.64. The van der Waals surface area contributed by atoms with E-state index in [2.05, 4.69) is 31.1 Å². The fraction of sp³-hybridized carbons (Fsp3) is 1.00. The molecule has 2 fully saturated rings. The van der Waals surface area contributed by atoms with Gasteiger partial charge in [0.2, 0.25) is 0 Å². The molecule has 1 saturated carbocycles. The molecule has 0 aromatic carbocycles. The van der Waals surface area contributed by atoms with E-state index in [1.54, 1.807) is 0 Å². The highest BCUT2D eigenvalue weighted by molar-refractivity contribution is 5.01. The lowest BCUT2D eigenvalue weighted by molar-refractivity contribution is -0.715. The molecule has 0 aromatic heterocycles. The molecule has 2 nitrogen and oxygen atoms in total. The van der Waals surface area contributed by atoms with E-state index in [9.17, 15) is 0 Å². The average molecular weight is 155 g/mol. The first-order valence-electron chi connectivity index (χ1n) is 4.66. The standard InChI is InChI=1S/C9H18N2/c1-7-4-8-5-9(8,2)10-6-11(7)3/h7-8,10H,4-6H2,1-3H3/p+1. The van der Waals surface area contributed by atoms with Crippen molar-refractivity contribution >= 4 is 0 Å². The van der Waals surface area contributed by atoms with Gasteiger partial charge in [0.25, 0.3) is 0 Å². The summed E-state index contributed by atoms with van der Waals surface area (Å²) in [6.07, 6.45) is 2.86. The molecule has 1 aliphatic carbocycles. The molecule has 0 bridgehead atoms. The van der Waals surface area contributed by atoms with Gasteiger partial charge in [-0.05, 0) is 27.3 Å². The van der Waals surface area contributed by atoms with Crippen LogP contribution in [0.2, 0.25) is 0 Å². The molecule has 0 spiro atoms. The summed E-state index contributed by atoms with van der Waals surface area (Å²) in [7, 11) is 2.23. The Labute approximate surface area is 69.0 Å². The first-order valence-corrected chi connectivity index (χ1v) is 4.66. The minimum Gasteiger partial charge on any atom is -0.329 e. The maximum absolute atomic E-state index is 2.52. The van der Waals surface area contributed by atoms with Crippen molar-refractivity contribution in [1.29, 1.82) is 0 Å². The average Bonchev–Trinajstić information content (AvgIpc) is 2.57. The summed E-state index contributed by atoms with van der Waals surface area (Å²) in [6.45, 7) is 5.94. The van der Waals surface area contributed by atoms with Gasteiger partial charge in [-0.1, -0.05) is 0 Å². The predicted octanol–water partition coefficient (Wildman–Crippen LogP) is 0.00990. The first-order chi connectivity index (χ1) is 5.12. The first kappa shape index (κ1) is 7.56. The van der Waals surface area contributed by atoms with Crippen molar-refractivity contribution in [2.24, 2.45) is 5.92 Å². The molecule has 2 aliphatic rings. The Hall–Kier alpha value is -0.0800. The van der Waals surface area contributed by atoms with E-state index in [0.717, 1.165) is 12.0 Å². The molecule has 3 unspecified atom stereocenters. The molecule has 11 heavy (non-hydrogen) atoms. The zero-order valence-corrected chi connectivity index (χ0v) is 7.80. The van der Waals surface area contributed by atoms with Crippen LogP contribution >= 0.6 is 0 Å². The SMILES string of the molecule is CC1CC2CC2(C)[NH2+]CN1C. The van der Waals surface area contributed by atoms with Crippen LogP contribution in [0.25, 0.3) is 0 Å². The third-order valence-corrected chi connectivity index (χ3v) is 3.68. The highest BCUT2D eigenvalue weighted by Crippen LogP contribution is 2.44. The van der Waals surface area contributed by atoms with Crippen LogP contribution in [-0.4, -0.2) is 30.2 Å². The fourth-order valence-corrected chi connectivity index (χ4v) is 2.20. The van der Waals surface area contributed by atoms with Crippen LogP contribution in [0.3, 0.4) is 0 Å². The molecule has 2 heteroatoms. The second-order valence-corrected chi connectivity index (χ2v) is 4.64. The molecule has 2 rings (SSSR count). The van der Waals surface area contributed by atoms with Crippen molar-refractivity contribution in [2.45, 2.75) is 38.3 Å². The summed E-state index contributed by atoms with van der Waals surface area (Å²) in [5.41, 5.74) is 0.624. The lowest BCUT2D eigenvalue weighted by Gasteiger charge is -2.20. The van der Waals surface area contributed by atoms with Crippen LogP contribution in [-0.2, 0) is 0 Å². The number of fused-ring (bicyclic) bond motifs is 1. The predicted molar refractivity (Wildman–Crippen MR) is 45.1 cm³/mol. The Morgan fingerprint density at radius 1 is 1.55 bits per heavy atom. The van der Waals surface area contributed by atoms with Crippen LogP contribution in [0.1, 0.15) is 26.7 Å². The van der Waals surface area contributed by atoms with Gasteiger partial charge in [-0.25, -0.2) is 0 Å². The van der Waals surface area contributed by atoms with Gasteiger partial charge in [0.1, 0.15) is 6.67 Å². The molecular formula is C9H19N2+. The maximum atomic E-state index is 2.52. The van der Waals surface area contributed by atoms with E-state index in [1.165, 1.54) is 19.5 Å². The van der Waals surface area contributed by atoms with E-state index in [4.69, 9.17) is 0 Å². The van der Waals surface area contributed by atoms with Crippen molar-refractivity contribution in [3.8, 4) is 0 Å². The molecule has 1 aliphatic heterocycles. The highest BCUT2D eigenvalue weighted by Gasteiger charge is 2.55. The summed E-state index contributed by atoms with van der Waals surface area (Å²) in [4.78, 5) is 2.46. The normalized spacial score (nSPS) is 51.5. The van der Waals surface area contributed by atoms with Crippen molar-refractivity contribution in [3.63, 3.8) is 0 Å². The van der Waals surface area contributed by atoms with Crippen molar-refractivity contribution in [2.75, 3.05) is 13.7 Å². The van der Waals surface area contributed by atoms with Crippen molar-refractivity contribution < 1.29 is 5.32 Å². The summed E-state index contributed by atoms with van der Waals surface area (Å²) in [5.74, 6) is 1.00. The van der Waals surface area contributed by atoms with Gasteiger partial charge >= 0.3 is 0 Å². The molecule has 64 valence electrons. The Bertz CT molecular complexity index is 169. The van der Waals surface area contributed by atoms with E-state index in [0.29, 0.717) is 5.54 Å². The minimum absolute atomic E-state index is 0.624. The summed E-state index contributed by atoms with van der Waals surface area (Å²) < 4.78 is 0. The van der Waals surface area contributed by atoms with E-state index < -0.39 is 0 Å². The Morgan fingerprint density at radius 2 is 2.27 bits per heavy atom. The van der Waals surface area contributed by atoms with Gasteiger partial charge in [0.15, 0.2) is 0 Å². The van der Waals surface area contributed by atoms with Gasteiger partial charge in [0.05, 0.1) is 5.54 Å². The zero-order chi connectivity index (χ0) is 8.06. The summed E-state index contributed by atoms with van der Waals surface area (Å²) in [5, 5.41) is 2.52. The Kier molecular flexibility index (Phi) is 1.52. The molecule has 1 saturated heterocycles. The molecule has 0 aromatic rings. The lowest BCUT2D eigenvalue weighted by Crippen LogP contribution is -2.93. The molecule has 2 N–H and O–H groups in total. The van der Waals surface area contributed by atoms with Gasteiger partial charge in [-0.3, -0.25) is 4.90 Å². The number of hydrogen-bond donors (Lipinski definition) is 1. The van der Waals surface area contributed by atoms with Crippen molar-refractivity contribution in [1.82, 2.24) is 4.90 Å². The van der Waals surface area contributed by atoms with Crippen LogP contribution in [0, 0.1) is 5.92 Å². The Balaban J connectivity index is 2.03. The van der Waals surface area contributed by atoms with Gasteiger partial charge in [0, 0.05) is 18.4 Å². The monoisotopic (exact) mass is 155 g/mol. The molecule has 0 radical (unpaired) electrons. The minimum atomic E-state index is 0.624. The van der Waals surface area contributed by atoms with Crippen LogP contribution in [0.15, 0.2) is 0 Å². The second kappa shape index (κ2) is 2.20. The summed E-state index contributed by atoms with van der Waals surface area (Å²) in [6, 6.07) is 0.792. The quantitative estimate of drug-likeness (QED) is 0.522.